The fraction of sp³-hybridized carbons (Fsp3) is 0.0263. The average molecular weight is 896 g/mol. The highest BCUT2D eigenvalue weighted by Gasteiger charge is 2.50. The number of H-pyrrole nitrogens is 2. The van der Waals surface area contributed by atoms with Crippen molar-refractivity contribution in [1.82, 2.24) is 9.97 Å². The molecule has 318 valence electrons. The summed E-state index contributed by atoms with van der Waals surface area (Å²) in [5.41, 5.74) is -8.70. The van der Waals surface area contributed by atoms with Crippen molar-refractivity contribution in [2.45, 2.75) is 5.79 Å². The van der Waals surface area contributed by atoms with Crippen molar-refractivity contribution >= 4 is 63.1 Å². The van der Waals surface area contributed by atoms with Gasteiger partial charge in [0.1, 0.15) is 34.6 Å². The number of para-hydroxylation sites is 1. The van der Waals surface area contributed by atoms with Crippen LogP contribution in [0.4, 0.5) is 93.4 Å². The number of aromatic amines is 2. The highest BCUT2D eigenvalue weighted by Crippen LogP contribution is 2.46. The third kappa shape index (κ3) is 5.24. The minimum atomic E-state index is -4.28. The largest absolute Gasteiger partial charge is 0.341 e. The Hall–Kier alpha value is -7.73. The molecule has 4 aromatic carbocycles. The number of halogens is 16. The Morgan fingerprint density at radius 1 is 0.508 bits per heavy atom. The summed E-state index contributed by atoms with van der Waals surface area (Å²) in [5.74, 6) is -47.3. The lowest BCUT2D eigenvalue weighted by molar-refractivity contribution is 0.200. The van der Waals surface area contributed by atoms with Gasteiger partial charge in [-0.2, -0.15) is 0 Å². The molecular weight excluding hydrogens is 886 g/mol. The first-order valence-electron chi connectivity index (χ1n) is 17.2. The Morgan fingerprint density at radius 3 is 1.71 bits per heavy atom. The van der Waals surface area contributed by atoms with E-state index in [4.69, 9.17) is 0 Å². The molecular formula is C38H9F16N9. The maximum atomic E-state index is 17.5. The summed E-state index contributed by atoms with van der Waals surface area (Å²) in [7, 11) is 0. The molecule has 6 aromatic rings. The van der Waals surface area contributed by atoms with Gasteiger partial charge in [-0.25, -0.2) is 95.2 Å². The number of alkyl halides is 1. The lowest BCUT2D eigenvalue weighted by Gasteiger charge is -2.29. The first-order chi connectivity index (χ1) is 29.8. The van der Waals surface area contributed by atoms with E-state index in [1.807, 2.05) is 0 Å². The van der Waals surface area contributed by atoms with Gasteiger partial charge in [0.2, 0.25) is 5.83 Å². The number of hydrogen-bond donors (Lipinski definition) is 4. The third-order valence-electron chi connectivity index (χ3n) is 10.1. The van der Waals surface area contributed by atoms with E-state index >= 15 is 39.5 Å². The highest BCUT2D eigenvalue weighted by atomic mass is 19.2. The van der Waals surface area contributed by atoms with Crippen LogP contribution >= 0.6 is 0 Å². The van der Waals surface area contributed by atoms with Gasteiger partial charge in [-0.15, -0.1) is 0 Å². The summed E-state index contributed by atoms with van der Waals surface area (Å²) in [6.45, 7) is 0. The van der Waals surface area contributed by atoms with Gasteiger partial charge >= 0.3 is 0 Å². The second-order valence-corrected chi connectivity index (χ2v) is 13.6. The van der Waals surface area contributed by atoms with Crippen molar-refractivity contribution in [3.05, 3.63) is 150 Å². The monoisotopic (exact) mass is 895 g/mol. The summed E-state index contributed by atoms with van der Waals surface area (Å²) < 4.78 is 247. The average Bonchev–Trinajstić information content (AvgIpc) is 4.00. The van der Waals surface area contributed by atoms with Gasteiger partial charge in [0.05, 0.1) is 43.9 Å². The molecule has 5 heterocycles. The van der Waals surface area contributed by atoms with Crippen LogP contribution in [-0.2, 0) is 5.79 Å². The Morgan fingerprint density at radius 2 is 1.08 bits per heavy atom. The zero-order valence-electron chi connectivity index (χ0n) is 29.7. The number of rotatable bonds is 2. The highest BCUT2D eigenvalue weighted by molar-refractivity contribution is 6.27. The van der Waals surface area contributed by atoms with Crippen LogP contribution in [0.1, 0.15) is 27.8 Å². The lowest BCUT2D eigenvalue weighted by Crippen LogP contribution is -2.43. The van der Waals surface area contributed by atoms with E-state index in [-0.39, 0.29) is 6.07 Å². The van der Waals surface area contributed by atoms with Crippen molar-refractivity contribution in [2.24, 2.45) is 25.0 Å². The van der Waals surface area contributed by atoms with Crippen LogP contribution < -0.4 is 21.3 Å². The maximum absolute atomic E-state index is 17.5. The Labute approximate surface area is 335 Å². The number of anilines is 2. The van der Waals surface area contributed by atoms with Crippen LogP contribution in [0, 0.1) is 69.8 Å². The smallest absolute Gasteiger partial charge is 0.265 e. The predicted molar refractivity (Wildman–Crippen MR) is 188 cm³/mol. The Bertz CT molecular complexity index is 3490. The number of allylic oxidation sites excluding steroid dienone is 1. The van der Waals surface area contributed by atoms with Gasteiger partial charge in [-0.1, -0.05) is 12.1 Å². The molecule has 0 amide bonds. The van der Waals surface area contributed by atoms with Gasteiger partial charge in [-0.05, 0) is 18.2 Å². The topological polar surface area (TPSA) is 117 Å². The molecule has 0 saturated heterocycles. The maximum Gasteiger partial charge on any atom is 0.265 e. The van der Waals surface area contributed by atoms with Crippen LogP contribution in [0.2, 0.25) is 0 Å². The second-order valence-electron chi connectivity index (χ2n) is 13.6. The first-order valence-corrected chi connectivity index (χ1v) is 17.2. The summed E-state index contributed by atoms with van der Waals surface area (Å²) in [4.78, 5) is 23.0. The van der Waals surface area contributed by atoms with Crippen molar-refractivity contribution in [3.63, 3.8) is 0 Å². The van der Waals surface area contributed by atoms with Gasteiger partial charge in [0.15, 0.2) is 93.2 Å². The predicted octanol–water partition coefficient (Wildman–Crippen LogP) is 9.06. The van der Waals surface area contributed by atoms with E-state index in [1.54, 1.807) is 5.32 Å². The molecule has 4 aliphatic rings. The zero-order valence-corrected chi connectivity index (χ0v) is 29.7. The number of nitrogens with one attached hydrogen (secondary N) is 4. The van der Waals surface area contributed by atoms with Gasteiger partial charge < -0.3 is 20.6 Å². The molecule has 2 aromatic heterocycles. The molecule has 3 aliphatic heterocycles. The summed E-state index contributed by atoms with van der Waals surface area (Å²) in [5, 5.41) is -0.510. The zero-order chi connectivity index (χ0) is 44.9. The molecule has 4 N–H and O–H groups in total. The number of fused-ring (bicyclic) bond motifs is 18. The SMILES string of the molecule is FC1=C(F)C(F)(Nc2ccccc2F)c2c3[nH]c(c2=C1F)=NC1=NC(=Nc2[nH]c(c4c(F)c(F)c(F)c(F)c24)N=C2N=C(N3)c3c(F)c(F)c(F)c(F)c32)c2c1cc(F)c(F)c2F. The van der Waals surface area contributed by atoms with Crippen molar-refractivity contribution in [1.29, 1.82) is 0 Å². The minimum Gasteiger partial charge on any atom is -0.341 e. The fourth-order valence-corrected chi connectivity index (χ4v) is 7.30. The number of aliphatic imine (C=N–C) groups is 4. The molecule has 8 bridgehead atoms. The van der Waals surface area contributed by atoms with E-state index in [2.05, 4.69) is 40.2 Å². The molecule has 10 rings (SSSR count). The molecule has 1 atom stereocenters. The van der Waals surface area contributed by atoms with Gasteiger partial charge in [0, 0.05) is 5.56 Å². The fourth-order valence-electron chi connectivity index (χ4n) is 7.30. The first kappa shape index (κ1) is 39.4. The number of benzene rings is 4. The third-order valence-corrected chi connectivity index (χ3v) is 10.1. The van der Waals surface area contributed by atoms with Crippen molar-refractivity contribution in [3.8, 4) is 0 Å². The Kier molecular flexibility index (Phi) is 8.22. The second kappa shape index (κ2) is 13.1. The van der Waals surface area contributed by atoms with E-state index < -0.39 is 189 Å². The molecule has 1 unspecified atom stereocenters. The number of hydrogen-bond acceptors (Lipinski definition) is 7. The number of nitrogens with zero attached hydrogens (tertiary/aromatic N) is 5. The molecule has 0 radical (unpaired) electrons. The molecule has 25 heteroatoms. The van der Waals surface area contributed by atoms with E-state index in [0.717, 1.165) is 24.3 Å². The molecule has 0 spiro atoms. The van der Waals surface area contributed by atoms with Crippen LogP contribution in [0.5, 0.6) is 0 Å². The van der Waals surface area contributed by atoms with Crippen LogP contribution in [0.15, 0.2) is 66.9 Å². The summed E-state index contributed by atoms with van der Waals surface area (Å²) in [6, 6.07) is 3.91. The molecule has 0 fully saturated rings. The van der Waals surface area contributed by atoms with E-state index in [0.29, 0.717) is 0 Å². The van der Waals surface area contributed by atoms with Crippen molar-refractivity contribution in [2.75, 3.05) is 10.6 Å². The van der Waals surface area contributed by atoms with Crippen molar-refractivity contribution < 1.29 is 70.2 Å². The summed E-state index contributed by atoms with van der Waals surface area (Å²) in [6.07, 6.45) is 0. The molecule has 63 heavy (non-hydrogen) atoms. The lowest BCUT2D eigenvalue weighted by atomic mass is 9.96. The quantitative estimate of drug-likeness (QED) is 0.0601. The Balaban J connectivity index is 1.38. The minimum absolute atomic E-state index is 0.218. The van der Waals surface area contributed by atoms with Crippen LogP contribution in [0.25, 0.3) is 16.6 Å². The van der Waals surface area contributed by atoms with E-state index in [1.165, 1.54) is 0 Å². The molecule has 0 saturated carbocycles. The number of amidine groups is 4. The number of aromatic nitrogens is 2. The van der Waals surface area contributed by atoms with E-state index in [9.17, 15) is 30.7 Å². The normalized spacial score (nSPS) is 17.5. The molecule has 9 nitrogen and oxygen atoms in total. The van der Waals surface area contributed by atoms with Gasteiger partial charge in [0.25, 0.3) is 5.79 Å². The van der Waals surface area contributed by atoms with Gasteiger partial charge in [-0.3, -0.25) is 0 Å². The van der Waals surface area contributed by atoms with Crippen LogP contribution in [-0.4, -0.2) is 33.3 Å². The molecule has 1 aliphatic carbocycles. The standard InChI is InChI=1S/C38H9F16N9/c39-7-3-1-2-4-9(7)63-38(54)16-15(23(47)28(52)29(38)53)36-56-30-6-5-8(40)17(41)18(42)10(6)31(55-30)57-32-11-12(20(44)25(49)24(48)19(11)43)33(58-32)59-34-13-14(35(60-34)61-37(16)62-36)22(46)27(51)26(50)21(13)45/h1-5,58,63H,(H,59,60,61)(H,55,56,57,62). The van der Waals surface area contributed by atoms with Crippen LogP contribution in [0.3, 0.4) is 0 Å². The summed E-state index contributed by atoms with van der Waals surface area (Å²) >= 11 is 0.